The van der Waals surface area contributed by atoms with E-state index in [4.69, 9.17) is 4.18 Å². The van der Waals surface area contributed by atoms with E-state index in [2.05, 4.69) is 18.8 Å². The molecule has 0 saturated heterocycles. The summed E-state index contributed by atoms with van der Waals surface area (Å²) in [5, 5.41) is 0. The SMILES string of the molecule is CCC/C=C/C#CCOS(=O)(=O)c1ccc(C)cc1. The fourth-order valence-electron chi connectivity index (χ4n) is 1.29. The summed E-state index contributed by atoms with van der Waals surface area (Å²) in [6.07, 6.45) is 5.69. The van der Waals surface area contributed by atoms with Crippen LogP contribution in [0, 0.1) is 18.8 Å². The van der Waals surface area contributed by atoms with Crippen molar-refractivity contribution in [2.75, 3.05) is 6.61 Å². The first kappa shape index (κ1) is 15.5. The van der Waals surface area contributed by atoms with Gasteiger partial charge in [-0.2, -0.15) is 8.42 Å². The minimum atomic E-state index is -3.70. The standard InChI is InChI=1S/C15H18O3S/c1-3-4-5-6-7-8-13-18-19(16,17)15-11-9-14(2)10-12-15/h5-6,9-12H,3-4,13H2,1-2H3/b6-5+. The Morgan fingerprint density at radius 3 is 2.58 bits per heavy atom. The van der Waals surface area contributed by atoms with Crippen LogP contribution in [0.2, 0.25) is 0 Å². The molecular weight excluding hydrogens is 260 g/mol. The summed E-state index contributed by atoms with van der Waals surface area (Å²) in [5.74, 6) is 5.38. The van der Waals surface area contributed by atoms with Crippen molar-refractivity contribution in [1.82, 2.24) is 0 Å². The Labute approximate surface area is 115 Å². The van der Waals surface area contributed by atoms with Crippen molar-refractivity contribution in [3.63, 3.8) is 0 Å². The Balaban J connectivity index is 2.54. The zero-order chi connectivity index (χ0) is 14.1. The molecule has 1 aromatic rings. The van der Waals surface area contributed by atoms with E-state index in [1.54, 1.807) is 18.2 Å². The van der Waals surface area contributed by atoms with Gasteiger partial charge in [-0.25, -0.2) is 0 Å². The van der Waals surface area contributed by atoms with Gasteiger partial charge in [0.05, 0.1) is 4.90 Å². The zero-order valence-corrected chi connectivity index (χ0v) is 12.0. The van der Waals surface area contributed by atoms with Crippen LogP contribution < -0.4 is 0 Å². The van der Waals surface area contributed by atoms with E-state index in [1.807, 2.05) is 13.0 Å². The Morgan fingerprint density at radius 2 is 1.95 bits per heavy atom. The Hall–Kier alpha value is -1.57. The van der Waals surface area contributed by atoms with Crippen molar-refractivity contribution >= 4 is 10.1 Å². The normalized spacial score (nSPS) is 11.3. The molecule has 4 heteroatoms. The maximum Gasteiger partial charge on any atom is 0.297 e. The van der Waals surface area contributed by atoms with Crippen LogP contribution in [0.1, 0.15) is 25.3 Å². The summed E-state index contributed by atoms with van der Waals surface area (Å²) in [5.41, 5.74) is 1.000. The maximum absolute atomic E-state index is 11.8. The monoisotopic (exact) mass is 278 g/mol. The van der Waals surface area contributed by atoms with Crippen molar-refractivity contribution in [1.29, 1.82) is 0 Å². The first-order valence-electron chi connectivity index (χ1n) is 6.16. The molecule has 0 bridgehead atoms. The number of aryl methyl sites for hydroxylation is 1. The predicted molar refractivity (Wildman–Crippen MR) is 76.1 cm³/mol. The van der Waals surface area contributed by atoms with Crippen LogP contribution in [0.5, 0.6) is 0 Å². The molecule has 0 radical (unpaired) electrons. The number of benzene rings is 1. The number of rotatable bonds is 5. The average Bonchev–Trinajstić information content (AvgIpc) is 2.38. The van der Waals surface area contributed by atoms with E-state index >= 15 is 0 Å². The number of allylic oxidation sites excluding steroid dienone is 2. The molecule has 0 fully saturated rings. The Kier molecular flexibility index (Phi) is 6.34. The van der Waals surface area contributed by atoms with E-state index in [9.17, 15) is 8.42 Å². The first-order valence-corrected chi connectivity index (χ1v) is 7.56. The van der Waals surface area contributed by atoms with E-state index < -0.39 is 10.1 Å². The second-order valence-electron chi connectivity index (χ2n) is 4.04. The lowest BCUT2D eigenvalue weighted by Gasteiger charge is -2.02. The van der Waals surface area contributed by atoms with Crippen molar-refractivity contribution in [2.24, 2.45) is 0 Å². The summed E-state index contributed by atoms with van der Waals surface area (Å²) < 4.78 is 28.4. The molecule has 0 atom stereocenters. The summed E-state index contributed by atoms with van der Waals surface area (Å²) in [6.45, 7) is 3.84. The molecule has 0 aromatic heterocycles. The molecule has 1 aromatic carbocycles. The highest BCUT2D eigenvalue weighted by Gasteiger charge is 2.13. The zero-order valence-electron chi connectivity index (χ0n) is 11.2. The van der Waals surface area contributed by atoms with Crippen LogP contribution in [0.4, 0.5) is 0 Å². The summed E-state index contributed by atoms with van der Waals surface area (Å²) in [7, 11) is -3.70. The lowest BCUT2D eigenvalue weighted by molar-refractivity contribution is 0.363. The van der Waals surface area contributed by atoms with Crippen LogP contribution in [0.3, 0.4) is 0 Å². The molecule has 0 heterocycles. The van der Waals surface area contributed by atoms with Gasteiger partial charge in [0.1, 0.15) is 6.61 Å². The Bertz CT molecular complexity index is 572. The van der Waals surface area contributed by atoms with Gasteiger partial charge in [-0.15, -0.1) is 0 Å². The highest BCUT2D eigenvalue weighted by atomic mass is 32.2. The van der Waals surface area contributed by atoms with Crippen molar-refractivity contribution in [2.45, 2.75) is 31.6 Å². The summed E-state index contributed by atoms with van der Waals surface area (Å²) in [6, 6.07) is 6.52. The number of hydrogen-bond acceptors (Lipinski definition) is 3. The van der Waals surface area contributed by atoms with Gasteiger partial charge in [0.25, 0.3) is 10.1 Å². The highest BCUT2D eigenvalue weighted by Crippen LogP contribution is 2.12. The third kappa shape index (κ3) is 5.73. The largest absolute Gasteiger partial charge is 0.297 e. The lowest BCUT2D eigenvalue weighted by atomic mass is 10.2. The van der Waals surface area contributed by atoms with Crippen LogP contribution in [-0.4, -0.2) is 15.0 Å². The fourth-order valence-corrected chi connectivity index (χ4v) is 2.11. The third-order valence-electron chi connectivity index (χ3n) is 2.35. The van der Waals surface area contributed by atoms with Crippen LogP contribution in [0.25, 0.3) is 0 Å². The Morgan fingerprint density at radius 1 is 1.26 bits per heavy atom. The van der Waals surface area contributed by atoms with Gasteiger partial charge in [-0.1, -0.05) is 49.0 Å². The highest BCUT2D eigenvalue weighted by molar-refractivity contribution is 7.86. The molecule has 0 amide bonds. The second kappa shape index (κ2) is 7.78. The van der Waals surface area contributed by atoms with E-state index in [-0.39, 0.29) is 11.5 Å². The molecule has 0 aliphatic rings. The minimum Gasteiger partial charge on any atom is -0.253 e. The molecule has 0 saturated carbocycles. The first-order chi connectivity index (χ1) is 9.06. The molecule has 102 valence electrons. The van der Waals surface area contributed by atoms with Crippen molar-refractivity contribution in [3.05, 3.63) is 42.0 Å². The molecule has 1 rings (SSSR count). The van der Waals surface area contributed by atoms with Gasteiger partial charge in [-0.05, 0) is 31.6 Å². The molecule has 0 spiro atoms. The number of unbranched alkanes of at least 4 members (excludes halogenated alkanes) is 1. The van der Waals surface area contributed by atoms with Gasteiger partial charge < -0.3 is 0 Å². The second-order valence-corrected chi connectivity index (χ2v) is 5.66. The quantitative estimate of drug-likeness (QED) is 0.614. The topological polar surface area (TPSA) is 43.4 Å². The molecule has 19 heavy (non-hydrogen) atoms. The molecule has 0 N–H and O–H groups in total. The van der Waals surface area contributed by atoms with Gasteiger partial charge >= 0.3 is 0 Å². The van der Waals surface area contributed by atoms with Crippen LogP contribution >= 0.6 is 0 Å². The number of hydrogen-bond donors (Lipinski definition) is 0. The molecule has 0 aliphatic carbocycles. The smallest absolute Gasteiger partial charge is 0.253 e. The van der Waals surface area contributed by atoms with Gasteiger partial charge in [0.15, 0.2) is 0 Å². The van der Waals surface area contributed by atoms with Gasteiger partial charge in [0, 0.05) is 0 Å². The lowest BCUT2D eigenvalue weighted by Crippen LogP contribution is -2.06. The van der Waals surface area contributed by atoms with E-state index in [1.165, 1.54) is 12.1 Å². The van der Waals surface area contributed by atoms with Gasteiger partial charge in [-0.3, -0.25) is 4.18 Å². The predicted octanol–water partition coefficient (Wildman–Crippen LogP) is 3.06. The summed E-state index contributed by atoms with van der Waals surface area (Å²) in [4.78, 5) is 0.154. The third-order valence-corrected chi connectivity index (χ3v) is 3.63. The van der Waals surface area contributed by atoms with Crippen LogP contribution in [0.15, 0.2) is 41.3 Å². The maximum atomic E-state index is 11.8. The van der Waals surface area contributed by atoms with E-state index in [0.717, 1.165) is 18.4 Å². The molecule has 0 unspecified atom stereocenters. The summed E-state index contributed by atoms with van der Waals surface area (Å²) >= 11 is 0. The van der Waals surface area contributed by atoms with Gasteiger partial charge in [0.2, 0.25) is 0 Å². The van der Waals surface area contributed by atoms with E-state index in [0.29, 0.717) is 0 Å². The van der Waals surface area contributed by atoms with Crippen molar-refractivity contribution < 1.29 is 12.6 Å². The van der Waals surface area contributed by atoms with Crippen molar-refractivity contribution in [3.8, 4) is 11.8 Å². The van der Waals surface area contributed by atoms with Crippen LogP contribution in [-0.2, 0) is 14.3 Å². The molecule has 0 aliphatic heterocycles. The minimum absolute atomic E-state index is 0.132. The average molecular weight is 278 g/mol. The fraction of sp³-hybridized carbons (Fsp3) is 0.333. The molecular formula is C15H18O3S. The molecule has 3 nitrogen and oxygen atoms in total.